The molecule has 0 radical (unpaired) electrons. The molecular weight excluding hydrogens is 482 g/mol. The maximum atomic E-state index is 13.1. The molecule has 11 heteroatoms. The molecule has 2 aromatic carbocycles. The number of ether oxygens (including phenoxy) is 2. The molecule has 10 nitrogen and oxygen atoms in total. The number of rotatable bonds is 5. The van der Waals surface area contributed by atoms with E-state index < -0.39 is 5.91 Å². The fourth-order valence-electron chi connectivity index (χ4n) is 4.19. The third kappa shape index (κ3) is 4.87. The molecule has 0 spiro atoms. The van der Waals surface area contributed by atoms with Gasteiger partial charge in [0.25, 0.3) is 11.8 Å². The highest BCUT2D eigenvalue weighted by Crippen LogP contribution is 2.34. The molecular formula is C25H25N5O5S. The molecule has 0 unspecified atom stereocenters. The minimum absolute atomic E-state index is 0.0669. The van der Waals surface area contributed by atoms with Crippen LogP contribution in [0.4, 0.5) is 11.4 Å². The Bertz CT molecular complexity index is 1340. The van der Waals surface area contributed by atoms with Gasteiger partial charge >= 0.3 is 0 Å². The van der Waals surface area contributed by atoms with Crippen LogP contribution < -0.4 is 20.1 Å². The summed E-state index contributed by atoms with van der Waals surface area (Å²) in [6.45, 7) is 4.91. The van der Waals surface area contributed by atoms with Crippen molar-refractivity contribution in [3.05, 3.63) is 57.5 Å². The van der Waals surface area contributed by atoms with Crippen LogP contribution in [0.25, 0.3) is 0 Å². The van der Waals surface area contributed by atoms with Gasteiger partial charge in [0.2, 0.25) is 22.7 Å². The monoisotopic (exact) mass is 507 g/mol. The minimum Gasteiger partial charge on any atom is -0.454 e. The Morgan fingerprint density at radius 3 is 2.69 bits per heavy atom. The van der Waals surface area contributed by atoms with Crippen LogP contribution in [-0.2, 0) is 4.79 Å². The number of anilines is 2. The van der Waals surface area contributed by atoms with Crippen LogP contribution in [0.1, 0.15) is 43.6 Å². The summed E-state index contributed by atoms with van der Waals surface area (Å²) in [4.78, 5) is 40.3. The van der Waals surface area contributed by atoms with Crippen molar-refractivity contribution < 1.29 is 23.9 Å². The number of hydrogen-bond donors (Lipinski definition) is 2. The summed E-state index contributed by atoms with van der Waals surface area (Å²) in [5, 5.41) is 13.8. The molecule has 3 aromatic rings. The fraction of sp³-hybridized carbons (Fsp3) is 0.320. The average molecular weight is 508 g/mol. The normalized spacial score (nSPS) is 16.5. The van der Waals surface area contributed by atoms with Gasteiger partial charge in [0.05, 0.1) is 5.92 Å². The number of hydrogen-bond acceptors (Lipinski definition) is 8. The van der Waals surface area contributed by atoms with Gasteiger partial charge in [-0.25, -0.2) is 0 Å². The molecule has 1 aromatic heterocycles. The Morgan fingerprint density at radius 1 is 1.03 bits per heavy atom. The molecule has 36 heavy (non-hydrogen) atoms. The number of carbonyl (C=O) groups excluding carboxylic acids is 3. The van der Waals surface area contributed by atoms with Crippen LogP contribution in [0.15, 0.2) is 36.4 Å². The van der Waals surface area contributed by atoms with Gasteiger partial charge in [0.1, 0.15) is 0 Å². The SMILES string of the molecule is Cc1cccc(NC(=O)[C@@H]2CCCN(C(=O)c3nnc(C(=O)Nc4ccc5c(c4)OCO5)s3)C2)c1C. The molecule has 0 bridgehead atoms. The van der Waals surface area contributed by atoms with Crippen molar-refractivity contribution in [1.29, 1.82) is 0 Å². The molecule has 2 aliphatic heterocycles. The Labute approximate surface area is 211 Å². The van der Waals surface area contributed by atoms with Crippen molar-refractivity contribution in [3.63, 3.8) is 0 Å². The van der Waals surface area contributed by atoms with Gasteiger partial charge < -0.3 is 25.0 Å². The first kappa shape index (κ1) is 23.7. The Hall–Kier alpha value is -3.99. The van der Waals surface area contributed by atoms with E-state index in [2.05, 4.69) is 20.8 Å². The zero-order chi connectivity index (χ0) is 25.2. The predicted molar refractivity (Wildman–Crippen MR) is 134 cm³/mol. The summed E-state index contributed by atoms with van der Waals surface area (Å²) in [5.41, 5.74) is 3.42. The molecule has 3 amide bonds. The number of aryl methyl sites for hydroxylation is 1. The summed E-state index contributed by atoms with van der Waals surface area (Å²) in [7, 11) is 0. The van der Waals surface area contributed by atoms with Crippen molar-refractivity contribution in [2.45, 2.75) is 26.7 Å². The Balaban J connectivity index is 1.21. The first-order valence-corrected chi connectivity index (χ1v) is 12.4. The smallest absolute Gasteiger partial charge is 0.286 e. The zero-order valence-corrected chi connectivity index (χ0v) is 20.7. The number of aromatic nitrogens is 2. The summed E-state index contributed by atoms with van der Waals surface area (Å²) < 4.78 is 10.6. The molecule has 2 aliphatic rings. The summed E-state index contributed by atoms with van der Waals surface area (Å²) >= 11 is 0.921. The second kappa shape index (κ2) is 9.94. The summed E-state index contributed by atoms with van der Waals surface area (Å²) in [5.74, 6) is -0.0956. The van der Waals surface area contributed by atoms with E-state index in [0.29, 0.717) is 36.6 Å². The molecule has 5 rings (SSSR count). The first-order valence-electron chi connectivity index (χ1n) is 11.6. The van der Waals surface area contributed by atoms with Crippen LogP contribution in [0.5, 0.6) is 11.5 Å². The van der Waals surface area contributed by atoms with E-state index in [1.54, 1.807) is 23.1 Å². The molecule has 2 N–H and O–H groups in total. The lowest BCUT2D eigenvalue weighted by atomic mass is 9.96. The standard InChI is InChI=1S/C25H25N5O5S/c1-14-5-3-7-18(15(14)2)27-21(31)16-6-4-10-30(12-16)25(33)24-29-28-23(36-24)22(32)26-17-8-9-19-20(11-17)35-13-34-19/h3,5,7-9,11,16H,4,6,10,12-13H2,1-2H3,(H,26,32)(H,27,31)/t16-/m1/s1. The van der Waals surface area contributed by atoms with Crippen LogP contribution in [-0.4, -0.2) is 52.7 Å². The molecule has 186 valence electrons. The van der Waals surface area contributed by atoms with Crippen molar-refractivity contribution >= 4 is 40.4 Å². The second-order valence-corrected chi connectivity index (χ2v) is 9.74. The maximum absolute atomic E-state index is 13.1. The van der Waals surface area contributed by atoms with E-state index in [1.807, 2.05) is 32.0 Å². The number of piperidine rings is 1. The van der Waals surface area contributed by atoms with E-state index in [0.717, 1.165) is 28.2 Å². The van der Waals surface area contributed by atoms with Gasteiger partial charge in [-0.2, -0.15) is 0 Å². The predicted octanol–water partition coefficient (Wildman–Crippen LogP) is 3.63. The topological polar surface area (TPSA) is 123 Å². The maximum Gasteiger partial charge on any atom is 0.286 e. The summed E-state index contributed by atoms with van der Waals surface area (Å²) in [6, 6.07) is 10.8. The molecule has 1 fully saturated rings. The fourth-order valence-corrected chi connectivity index (χ4v) is 4.90. The minimum atomic E-state index is -0.477. The van der Waals surface area contributed by atoms with Crippen LogP contribution in [0, 0.1) is 19.8 Å². The average Bonchev–Trinajstić information content (AvgIpc) is 3.56. The number of amides is 3. The quantitative estimate of drug-likeness (QED) is 0.541. The van der Waals surface area contributed by atoms with Crippen molar-refractivity contribution in [1.82, 2.24) is 15.1 Å². The molecule has 1 atom stereocenters. The summed E-state index contributed by atoms with van der Waals surface area (Å²) in [6.07, 6.45) is 1.40. The number of carbonyl (C=O) groups is 3. The van der Waals surface area contributed by atoms with Crippen LogP contribution >= 0.6 is 11.3 Å². The highest BCUT2D eigenvalue weighted by atomic mass is 32.1. The molecule has 3 heterocycles. The van der Waals surface area contributed by atoms with E-state index >= 15 is 0 Å². The largest absolute Gasteiger partial charge is 0.454 e. The second-order valence-electron chi connectivity index (χ2n) is 8.76. The van der Waals surface area contributed by atoms with Crippen molar-refractivity contribution in [2.24, 2.45) is 5.92 Å². The number of likely N-dealkylation sites (tertiary alicyclic amines) is 1. The van der Waals surface area contributed by atoms with E-state index in [-0.39, 0.29) is 41.1 Å². The first-order chi connectivity index (χ1) is 17.4. The van der Waals surface area contributed by atoms with E-state index in [4.69, 9.17) is 9.47 Å². The third-order valence-corrected chi connectivity index (χ3v) is 7.28. The Morgan fingerprint density at radius 2 is 1.83 bits per heavy atom. The molecule has 0 saturated carbocycles. The van der Waals surface area contributed by atoms with Crippen molar-refractivity contribution in [2.75, 3.05) is 30.5 Å². The van der Waals surface area contributed by atoms with E-state index in [9.17, 15) is 14.4 Å². The molecule has 1 saturated heterocycles. The van der Waals surface area contributed by atoms with Gasteiger partial charge in [-0.3, -0.25) is 14.4 Å². The number of fused-ring (bicyclic) bond motifs is 1. The highest BCUT2D eigenvalue weighted by Gasteiger charge is 2.31. The number of nitrogens with one attached hydrogen (secondary N) is 2. The van der Waals surface area contributed by atoms with Gasteiger partial charge in [-0.1, -0.05) is 23.5 Å². The van der Waals surface area contributed by atoms with Crippen LogP contribution in [0.3, 0.4) is 0 Å². The lowest BCUT2D eigenvalue weighted by Gasteiger charge is -2.31. The van der Waals surface area contributed by atoms with Gasteiger partial charge in [0.15, 0.2) is 11.5 Å². The lowest BCUT2D eigenvalue weighted by Crippen LogP contribution is -2.43. The van der Waals surface area contributed by atoms with Gasteiger partial charge in [0, 0.05) is 30.5 Å². The third-order valence-electron chi connectivity index (χ3n) is 6.37. The van der Waals surface area contributed by atoms with Gasteiger partial charge in [-0.05, 0) is 56.0 Å². The van der Waals surface area contributed by atoms with Gasteiger partial charge in [-0.15, -0.1) is 10.2 Å². The highest BCUT2D eigenvalue weighted by molar-refractivity contribution is 7.15. The van der Waals surface area contributed by atoms with Crippen LogP contribution in [0.2, 0.25) is 0 Å². The zero-order valence-electron chi connectivity index (χ0n) is 19.9. The lowest BCUT2D eigenvalue weighted by molar-refractivity contribution is -0.121. The molecule has 0 aliphatic carbocycles. The van der Waals surface area contributed by atoms with E-state index in [1.165, 1.54) is 0 Å². The van der Waals surface area contributed by atoms with Crippen molar-refractivity contribution in [3.8, 4) is 11.5 Å². The number of benzene rings is 2. The number of nitrogens with zero attached hydrogens (tertiary/aromatic N) is 3. The Kier molecular flexibility index (Phi) is 6.55.